The number of nitrogens with one attached hydrogen (secondary N) is 1. The minimum absolute atomic E-state index is 0.0946. The number of hydrogen-bond donors (Lipinski definition) is 1. The second-order valence-electron chi connectivity index (χ2n) is 7.62. The summed E-state index contributed by atoms with van der Waals surface area (Å²) in [6, 6.07) is 9.50. The minimum Gasteiger partial charge on any atom is -0.452 e. The number of carbonyl (C=O) groups is 2. The third-order valence-electron chi connectivity index (χ3n) is 3.94. The number of nitrogens with zero attached hydrogens (tertiary/aromatic N) is 1. The number of amides is 1. The molecule has 160 valence electrons. The Balaban J connectivity index is 2.22. The van der Waals surface area contributed by atoms with E-state index >= 15 is 0 Å². The third-order valence-corrected chi connectivity index (χ3v) is 3.94. The molecule has 1 amide bonds. The largest absolute Gasteiger partial charge is 0.452 e. The minimum atomic E-state index is -0.958. The molecule has 2 rings (SSSR count). The van der Waals surface area contributed by atoms with E-state index in [4.69, 9.17) is 9.47 Å². The second-order valence-corrected chi connectivity index (χ2v) is 7.62. The Hall–Kier alpha value is -3.49. The Morgan fingerprint density at radius 3 is 2.13 bits per heavy atom. The molecule has 0 saturated carbocycles. The molecule has 1 N–H and O–H groups in total. The lowest BCUT2D eigenvalue weighted by molar-refractivity contribution is -0.384. The number of nitro benzene ring substituents is 1. The molecule has 0 bridgehead atoms. The predicted molar refractivity (Wildman–Crippen MR) is 106 cm³/mol. The lowest BCUT2D eigenvalue weighted by Gasteiger charge is -2.27. The molecule has 0 spiro atoms. The Morgan fingerprint density at radius 2 is 1.63 bits per heavy atom. The molecule has 0 aliphatic rings. The summed E-state index contributed by atoms with van der Waals surface area (Å²) in [7, 11) is 0. The number of hydrogen-bond acceptors (Lipinski definition) is 6. The molecule has 2 unspecified atom stereocenters. The summed E-state index contributed by atoms with van der Waals surface area (Å²) < 4.78 is 24.1. The summed E-state index contributed by atoms with van der Waals surface area (Å²) in [5.41, 5.74) is -0.334. The number of ether oxygens (including phenoxy) is 2. The molecule has 2 atom stereocenters. The first kappa shape index (κ1) is 22.8. The highest BCUT2D eigenvalue weighted by Gasteiger charge is 2.28. The fraction of sp³-hybridized carbons (Fsp3) is 0.333. The number of halogens is 1. The van der Waals surface area contributed by atoms with Gasteiger partial charge in [-0.15, -0.1) is 0 Å². The smallest absolute Gasteiger partial charge is 0.408 e. The Bertz CT molecular complexity index is 907. The van der Waals surface area contributed by atoms with Gasteiger partial charge in [-0.1, -0.05) is 12.1 Å². The third kappa shape index (κ3) is 6.54. The predicted octanol–water partition coefficient (Wildman–Crippen LogP) is 4.55. The summed E-state index contributed by atoms with van der Waals surface area (Å²) in [4.78, 5) is 34.9. The molecule has 2 aromatic carbocycles. The number of esters is 1. The van der Waals surface area contributed by atoms with E-state index in [1.807, 2.05) is 0 Å². The van der Waals surface area contributed by atoms with Gasteiger partial charge in [0.1, 0.15) is 17.5 Å². The maximum atomic E-state index is 13.3. The van der Waals surface area contributed by atoms with Crippen LogP contribution in [0, 0.1) is 15.9 Å². The average molecular weight is 418 g/mol. The summed E-state index contributed by atoms with van der Waals surface area (Å²) in [6.07, 6.45) is -1.66. The van der Waals surface area contributed by atoms with Crippen LogP contribution in [0.15, 0.2) is 48.5 Å². The first-order chi connectivity index (χ1) is 14.0. The zero-order chi connectivity index (χ0) is 22.5. The highest BCUT2D eigenvalue weighted by atomic mass is 19.1. The molecule has 0 aliphatic heterocycles. The molecule has 0 fully saturated rings. The fourth-order valence-corrected chi connectivity index (χ4v) is 2.58. The number of benzene rings is 2. The van der Waals surface area contributed by atoms with Crippen LogP contribution in [0.3, 0.4) is 0 Å². The van der Waals surface area contributed by atoms with E-state index in [9.17, 15) is 24.1 Å². The van der Waals surface area contributed by atoms with Gasteiger partial charge < -0.3 is 14.8 Å². The van der Waals surface area contributed by atoms with Crippen molar-refractivity contribution >= 4 is 17.7 Å². The van der Waals surface area contributed by atoms with Gasteiger partial charge in [0.05, 0.1) is 16.5 Å². The number of alkyl carbamates (subject to hydrolysis) is 1. The highest BCUT2D eigenvalue weighted by Crippen LogP contribution is 2.24. The molecular weight excluding hydrogens is 395 g/mol. The first-order valence-corrected chi connectivity index (χ1v) is 9.16. The zero-order valence-corrected chi connectivity index (χ0v) is 17.0. The topological polar surface area (TPSA) is 108 Å². The number of non-ortho nitro benzene ring substituents is 1. The van der Waals surface area contributed by atoms with Gasteiger partial charge in [-0.25, -0.2) is 14.0 Å². The monoisotopic (exact) mass is 418 g/mol. The van der Waals surface area contributed by atoms with Crippen LogP contribution in [-0.2, 0) is 9.47 Å². The van der Waals surface area contributed by atoms with Gasteiger partial charge in [0.25, 0.3) is 5.69 Å². The van der Waals surface area contributed by atoms with E-state index in [-0.39, 0.29) is 11.3 Å². The van der Waals surface area contributed by atoms with Crippen LogP contribution in [0.4, 0.5) is 14.9 Å². The van der Waals surface area contributed by atoms with Crippen molar-refractivity contribution < 1.29 is 28.4 Å². The van der Waals surface area contributed by atoms with Crippen molar-refractivity contribution in [2.45, 2.75) is 45.4 Å². The molecule has 0 aliphatic carbocycles. The summed E-state index contributed by atoms with van der Waals surface area (Å²) in [5, 5.41) is 13.4. The second kappa shape index (κ2) is 9.34. The first-order valence-electron chi connectivity index (χ1n) is 9.16. The van der Waals surface area contributed by atoms with Crippen molar-refractivity contribution in [1.82, 2.24) is 5.32 Å². The van der Waals surface area contributed by atoms with E-state index in [1.165, 1.54) is 48.5 Å². The van der Waals surface area contributed by atoms with Crippen LogP contribution in [0.2, 0.25) is 0 Å². The van der Waals surface area contributed by atoms with E-state index in [2.05, 4.69) is 5.32 Å². The van der Waals surface area contributed by atoms with E-state index in [0.717, 1.165) is 0 Å². The Labute approximate surface area is 173 Å². The Kier molecular flexibility index (Phi) is 7.10. The van der Waals surface area contributed by atoms with Crippen molar-refractivity contribution in [1.29, 1.82) is 0 Å². The SMILES string of the molecule is CC(NC(=O)OC(C)(C)C)C(OC(=O)c1ccc([N+](=O)[O-])cc1)c1ccc(F)cc1. The van der Waals surface area contributed by atoms with Crippen LogP contribution < -0.4 is 5.32 Å². The summed E-state index contributed by atoms with van der Waals surface area (Å²) in [5.74, 6) is -1.22. The van der Waals surface area contributed by atoms with Gasteiger partial charge in [-0.2, -0.15) is 0 Å². The zero-order valence-electron chi connectivity index (χ0n) is 17.0. The van der Waals surface area contributed by atoms with Crippen molar-refractivity contribution in [3.63, 3.8) is 0 Å². The van der Waals surface area contributed by atoms with Gasteiger partial charge >= 0.3 is 12.1 Å². The summed E-state index contributed by atoms with van der Waals surface area (Å²) in [6.45, 7) is 6.75. The molecule has 9 heteroatoms. The van der Waals surface area contributed by atoms with E-state index in [1.54, 1.807) is 27.7 Å². The van der Waals surface area contributed by atoms with E-state index < -0.39 is 40.5 Å². The van der Waals surface area contributed by atoms with Crippen molar-refractivity contribution in [2.24, 2.45) is 0 Å². The molecule has 0 heterocycles. The molecule has 30 heavy (non-hydrogen) atoms. The molecule has 0 aromatic heterocycles. The molecule has 0 saturated heterocycles. The maximum absolute atomic E-state index is 13.3. The van der Waals surface area contributed by atoms with Gasteiger partial charge in [-0.05, 0) is 57.5 Å². The summed E-state index contributed by atoms with van der Waals surface area (Å²) >= 11 is 0. The standard InChI is InChI=1S/C21H23FN2O6/c1-13(23-20(26)30-21(2,3)4)18(14-5-9-16(22)10-6-14)29-19(25)15-7-11-17(12-8-15)24(27)28/h5-13,18H,1-4H3,(H,23,26). The van der Waals surface area contributed by atoms with Crippen molar-refractivity contribution in [2.75, 3.05) is 0 Å². The lowest BCUT2D eigenvalue weighted by Crippen LogP contribution is -2.41. The molecular formula is C21H23FN2O6. The van der Waals surface area contributed by atoms with Crippen LogP contribution in [-0.4, -0.2) is 28.6 Å². The average Bonchev–Trinajstić information content (AvgIpc) is 2.65. The quantitative estimate of drug-likeness (QED) is 0.419. The number of carbonyl (C=O) groups excluding carboxylic acids is 2. The van der Waals surface area contributed by atoms with Crippen molar-refractivity contribution in [3.8, 4) is 0 Å². The molecule has 0 radical (unpaired) electrons. The lowest BCUT2D eigenvalue weighted by atomic mass is 10.0. The van der Waals surface area contributed by atoms with Crippen LogP contribution in [0.1, 0.15) is 49.7 Å². The Morgan fingerprint density at radius 1 is 1.07 bits per heavy atom. The van der Waals surface area contributed by atoms with Crippen LogP contribution in [0.25, 0.3) is 0 Å². The van der Waals surface area contributed by atoms with Gasteiger partial charge in [0, 0.05) is 12.1 Å². The van der Waals surface area contributed by atoms with E-state index in [0.29, 0.717) is 5.56 Å². The number of nitro groups is 1. The molecule has 2 aromatic rings. The van der Waals surface area contributed by atoms with Crippen molar-refractivity contribution in [3.05, 3.63) is 75.6 Å². The fourth-order valence-electron chi connectivity index (χ4n) is 2.58. The van der Waals surface area contributed by atoms with Gasteiger partial charge in [0.15, 0.2) is 0 Å². The van der Waals surface area contributed by atoms with Gasteiger partial charge in [-0.3, -0.25) is 10.1 Å². The van der Waals surface area contributed by atoms with Crippen LogP contribution in [0.5, 0.6) is 0 Å². The highest BCUT2D eigenvalue weighted by molar-refractivity contribution is 5.89. The van der Waals surface area contributed by atoms with Gasteiger partial charge in [0.2, 0.25) is 0 Å². The number of rotatable bonds is 6. The van der Waals surface area contributed by atoms with Crippen LogP contribution >= 0.6 is 0 Å². The normalized spacial score (nSPS) is 13.1. The maximum Gasteiger partial charge on any atom is 0.408 e. The molecule has 8 nitrogen and oxygen atoms in total.